The van der Waals surface area contributed by atoms with E-state index in [-0.39, 0.29) is 11.8 Å². The molecule has 26 heavy (non-hydrogen) atoms. The van der Waals surface area contributed by atoms with E-state index in [1.807, 2.05) is 30.3 Å². The number of esters is 1. The minimum atomic E-state index is -1.51. The molecule has 5 nitrogen and oxygen atoms in total. The number of benzene rings is 1. The number of carbonyl (C=O) groups is 2. The molecule has 7 heteroatoms. The molecule has 138 valence electrons. The molecule has 1 unspecified atom stereocenters. The van der Waals surface area contributed by atoms with Crippen LogP contribution < -0.4 is 0 Å². The van der Waals surface area contributed by atoms with E-state index in [1.54, 1.807) is 17.0 Å². The van der Waals surface area contributed by atoms with E-state index in [4.69, 9.17) is 32.4 Å². The van der Waals surface area contributed by atoms with E-state index in [0.29, 0.717) is 18.8 Å². The van der Waals surface area contributed by atoms with Crippen LogP contribution in [0.25, 0.3) is 0 Å². The van der Waals surface area contributed by atoms with Crippen LogP contribution >= 0.6 is 23.2 Å². The number of ether oxygens (including phenoxy) is 1. The molecule has 2 heterocycles. The predicted molar refractivity (Wildman–Crippen MR) is 97.9 cm³/mol. The second-order valence-electron chi connectivity index (χ2n) is 6.30. The van der Waals surface area contributed by atoms with Crippen LogP contribution in [0.2, 0.25) is 0 Å². The summed E-state index contributed by atoms with van der Waals surface area (Å²) in [6.45, 7) is 2.05. The topological polar surface area (TPSA) is 59.8 Å². The normalized spacial score (nSPS) is 23.9. The fraction of sp³-hybridized carbons (Fsp3) is 0.368. The van der Waals surface area contributed by atoms with Crippen molar-refractivity contribution >= 4 is 35.1 Å². The van der Waals surface area contributed by atoms with E-state index in [0.717, 1.165) is 5.56 Å². The lowest BCUT2D eigenvalue weighted by molar-refractivity contribution is -0.153. The monoisotopic (exact) mass is 395 g/mol. The van der Waals surface area contributed by atoms with Gasteiger partial charge in [-0.15, -0.1) is 23.2 Å². The van der Waals surface area contributed by atoms with Gasteiger partial charge in [0.25, 0.3) is 0 Å². The number of alkyl halides is 2. The minimum Gasteiger partial charge on any atom is -0.465 e. The SMILES string of the molecule is CC(=O)OC(c1ccco1)[C@@]1(Cl)C(=O)N(Cc2ccccc2)C[C@@H]1CCl. The van der Waals surface area contributed by atoms with E-state index >= 15 is 0 Å². The van der Waals surface area contributed by atoms with Crippen LogP contribution in [0, 0.1) is 5.92 Å². The highest BCUT2D eigenvalue weighted by Gasteiger charge is 2.60. The van der Waals surface area contributed by atoms with Gasteiger partial charge in [0.2, 0.25) is 5.91 Å². The molecule has 3 atom stereocenters. The molecule has 0 spiro atoms. The van der Waals surface area contributed by atoms with Crippen LogP contribution in [0.15, 0.2) is 53.1 Å². The number of nitrogens with zero attached hydrogens (tertiary/aromatic N) is 1. The lowest BCUT2D eigenvalue weighted by Gasteiger charge is -2.31. The van der Waals surface area contributed by atoms with Crippen molar-refractivity contribution in [3.8, 4) is 0 Å². The quantitative estimate of drug-likeness (QED) is 0.551. The first-order valence-corrected chi connectivity index (χ1v) is 9.16. The summed E-state index contributed by atoms with van der Waals surface area (Å²) in [5.41, 5.74) is 0.983. The first kappa shape index (κ1) is 18.8. The molecule has 1 aliphatic rings. The summed E-state index contributed by atoms with van der Waals surface area (Å²) in [4.78, 5) is 25.0. The molecule has 2 aromatic rings. The second-order valence-corrected chi connectivity index (χ2v) is 7.23. The van der Waals surface area contributed by atoms with Crippen molar-refractivity contribution in [2.75, 3.05) is 12.4 Å². The zero-order chi connectivity index (χ0) is 18.7. The highest BCUT2D eigenvalue weighted by molar-refractivity contribution is 6.37. The maximum Gasteiger partial charge on any atom is 0.303 e. The van der Waals surface area contributed by atoms with Crippen LogP contribution in [0.5, 0.6) is 0 Å². The molecule has 3 rings (SSSR count). The minimum absolute atomic E-state index is 0.152. The van der Waals surface area contributed by atoms with Crippen molar-refractivity contribution in [3.05, 3.63) is 60.1 Å². The molecule has 1 saturated heterocycles. The first-order valence-electron chi connectivity index (χ1n) is 8.25. The number of furan rings is 1. The Morgan fingerprint density at radius 3 is 2.65 bits per heavy atom. The molecule has 0 radical (unpaired) electrons. The standard InChI is InChI=1S/C19H19Cl2NO4/c1-13(23)26-17(16-8-5-9-25-16)19(21)15(10-20)12-22(18(19)24)11-14-6-3-2-4-7-14/h2-9,15,17H,10-12H2,1H3/t15-,17?,19+/m0/s1. The molecule has 0 saturated carbocycles. The van der Waals surface area contributed by atoms with Crippen LogP contribution in [0.4, 0.5) is 0 Å². The number of carbonyl (C=O) groups excluding carboxylic acids is 2. The molecule has 1 fully saturated rings. The number of halogens is 2. The van der Waals surface area contributed by atoms with E-state index < -0.39 is 22.9 Å². The average Bonchev–Trinajstić information content (AvgIpc) is 3.24. The van der Waals surface area contributed by atoms with E-state index in [9.17, 15) is 9.59 Å². The Morgan fingerprint density at radius 1 is 1.35 bits per heavy atom. The van der Waals surface area contributed by atoms with Gasteiger partial charge < -0.3 is 14.1 Å². The number of likely N-dealkylation sites (tertiary alicyclic amines) is 1. The zero-order valence-electron chi connectivity index (χ0n) is 14.2. The lowest BCUT2D eigenvalue weighted by atomic mass is 9.88. The van der Waals surface area contributed by atoms with Crippen LogP contribution in [-0.4, -0.2) is 34.1 Å². The van der Waals surface area contributed by atoms with Crippen LogP contribution in [0.3, 0.4) is 0 Å². The van der Waals surface area contributed by atoms with Crippen molar-refractivity contribution in [1.29, 1.82) is 0 Å². The Balaban J connectivity index is 1.94. The Hall–Kier alpha value is -1.98. The van der Waals surface area contributed by atoms with Gasteiger partial charge in [0.15, 0.2) is 11.0 Å². The van der Waals surface area contributed by atoms with E-state index in [1.165, 1.54) is 13.2 Å². The van der Waals surface area contributed by atoms with Gasteiger partial charge in [-0.3, -0.25) is 9.59 Å². The summed E-state index contributed by atoms with van der Waals surface area (Å²) in [5, 5.41) is 0. The maximum absolute atomic E-state index is 13.2. The second kappa shape index (κ2) is 7.72. The third-order valence-electron chi connectivity index (χ3n) is 4.52. The average molecular weight is 396 g/mol. The summed E-state index contributed by atoms with van der Waals surface area (Å²) in [6, 6.07) is 12.9. The number of hydrogen-bond acceptors (Lipinski definition) is 4. The Labute approximate surface area is 161 Å². The summed E-state index contributed by atoms with van der Waals surface area (Å²) < 4.78 is 10.8. The van der Waals surface area contributed by atoms with Crippen molar-refractivity contribution in [2.24, 2.45) is 5.92 Å². The first-order chi connectivity index (χ1) is 12.5. The lowest BCUT2D eigenvalue weighted by Crippen LogP contribution is -2.45. The van der Waals surface area contributed by atoms with Gasteiger partial charge in [-0.05, 0) is 17.7 Å². The van der Waals surface area contributed by atoms with Gasteiger partial charge in [0.05, 0.1) is 6.26 Å². The fourth-order valence-corrected chi connectivity index (χ4v) is 4.12. The third kappa shape index (κ3) is 3.46. The largest absolute Gasteiger partial charge is 0.465 e. The molecule has 1 amide bonds. The van der Waals surface area contributed by atoms with Crippen molar-refractivity contribution in [3.63, 3.8) is 0 Å². The van der Waals surface area contributed by atoms with Gasteiger partial charge in [-0.2, -0.15) is 0 Å². The predicted octanol–water partition coefficient (Wildman–Crippen LogP) is 3.76. The van der Waals surface area contributed by atoms with Gasteiger partial charge in [0, 0.05) is 31.8 Å². The molecule has 1 aliphatic heterocycles. The highest BCUT2D eigenvalue weighted by Crippen LogP contribution is 2.47. The van der Waals surface area contributed by atoms with Crippen molar-refractivity contribution in [1.82, 2.24) is 4.90 Å². The van der Waals surface area contributed by atoms with Crippen LogP contribution in [0.1, 0.15) is 24.4 Å². The molecule has 1 aromatic heterocycles. The van der Waals surface area contributed by atoms with Crippen LogP contribution in [-0.2, 0) is 20.9 Å². The Kier molecular flexibility index (Phi) is 5.58. The molecule has 1 aromatic carbocycles. The highest BCUT2D eigenvalue weighted by atomic mass is 35.5. The summed E-state index contributed by atoms with van der Waals surface area (Å²) in [5.74, 6) is -0.805. The maximum atomic E-state index is 13.2. The zero-order valence-corrected chi connectivity index (χ0v) is 15.7. The number of hydrogen-bond donors (Lipinski definition) is 0. The summed E-state index contributed by atoms with van der Waals surface area (Å²) >= 11 is 13.0. The smallest absolute Gasteiger partial charge is 0.303 e. The third-order valence-corrected chi connectivity index (χ3v) is 5.56. The molecular weight excluding hydrogens is 377 g/mol. The van der Waals surface area contributed by atoms with Gasteiger partial charge in [0.1, 0.15) is 5.76 Å². The van der Waals surface area contributed by atoms with Gasteiger partial charge in [-0.25, -0.2) is 0 Å². The molecule has 0 N–H and O–H groups in total. The number of rotatable bonds is 6. The molecule has 0 aliphatic carbocycles. The summed E-state index contributed by atoms with van der Waals surface area (Å²) in [6.07, 6.45) is 0.400. The van der Waals surface area contributed by atoms with E-state index in [2.05, 4.69) is 0 Å². The number of amides is 1. The van der Waals surface area contributed by atoms with Gasteiger partial charge in [-0.1, -0.05) is 30.3 Å². The Morgan fingerprint density at radius 2 is 2.08 bits per heavy atom. The fourth-order valence-electron chi connectivity index (χ4n) is 3.28. The van der Waals surface area contributed by atoms with Crippen molar-refractivity contribution < 1.29 is 18.7 Å². The molecule has 0 bridgehead atoms. The van der Waals surface area contributed by atoms with Gasteiger partial charge >= 0.3 is 5.97 Å². The summed E-state index contributed by atoms with van der Waals surface area (Å²) in [7, 11) is 0. The van der Waals surface area contributed by atoms with Crippen molar-refractivity contribution in [2.45, 2.75) is 24.4 Å². The molecular formula is C19H19Cl2NO4. The Bertz CT molecular complexity index is 765.